The zero-order valence-corrected chi connectivity index (χ0v) is 14.6. The third kappa shape index (κ3) is 5.49. The lowest BCUT2D eigenvalue weighted by atomic mass is 10.0. The second kappa shape index (κ2) is 8.01. The third-order valence-corrected chi connectivity index (χ3v) is 4.46. The van der Waals surface area contributed by atoms with E-state index in [9.17, 15) is 8.42 Å². The minimum atomic E-state index is -3.75. The molecule has 0 aliphatic carbocycles. The summed E-state index contributed by atoms with van der Waals surface area (Å²) in [6.07, 6.45) is 0.792. The number of rotatable bonds is 8. The van der Waals surface area contributed by atoms with Gasteiger partial charge in [0.15, 0.2) is 0 Å². The first-order valence-corrected chi connectivity index (χ1v) is 9.38. The molecule has 6 heteroatoms. The Bertz CT molecular complexity index is 567. The zero-order valence-electron chi connectivity index (χ0n) is 13.0. The van der Waals surface area contributed by atoms with Crippen LogP contribution >= 0.6 is 10.7 Å². The lowest BCUT2D eigenvalue weighted by molar-refractivity contribution is 0.130. The Morgan fingerprint density at radius 1 is 1.24 bits per heavy atom. The Hall–Kier alpha value is -0.780. The van der Waals surface area contributed by atoms with Crippen molar-refractivity contribution in [3.63, 3.8) is 0 Å². The molecular formula is C15H23ClO4S. The number of benzene rings is 1. The zero-order chi connectivity index (χ0) is 16.0. The average Bonchev–Trinajstić information content (AvgIpc) is 2.38. The van der Waals surface area contributed by atoms with Gasteiger partial charge in [0.05, 0.1) is 11.5 Å². The van der Waals surface area contributed by atoms with Crippen molar-refractivity contribution in [2.45, 2.75) is 44.9 Å². The molecule has 120 valence electrons. The number of hydrogen-bond donors (Lipinski definition) is 0. The smallest absolute Gasteiger partial charge is 0.261 e. The predicted octanol–water partition coefficient (Wildman–Crippen LogP) is 3.85. The summed E-state index contributed by atoms with van der Waals surface area (Å²) < 4.78 is 34.3. The van der Waals surface area contributed by atoms with Gasteiger partial charge in [0.2, 0.25) is 0 Å². The Kier molecular flexibility index (Phi) is 6.97. The molecule has 0 amide bonds. The standard InChI is InChI=1S/C15H23ClO4S/c1-5-19-7-6-8-20-14-10-13(11(2)3)15(9-12(14)4)21(16,17)18/h9-11H,5-8H2,1-4H3. The van der Waals surface area contributed by atoms with Gasteiger partial charge in [0.25, 0.3) is 9.05 Å². The summed E-state index contributed by atoms with van der Waals surface area (Å²) in [6, 6.07) is 3.35. The van der Waals surface area contributed by atoms with Gasteiger partial charge < -0.3 is 9.47 Å². The molecule has 0 unspecified atom stereocenters. The molecule has 4 nitrogen and oxygen atoms in total. The second-order valence-electron chi connectivity index (χ2n) is 5.15. The van der Waals surface area contributed by atoms with Crippen molar-refractivity contribution in [3.8, 4) is 5.75 Å². The van der Waals surface area contributed by atoms with E-state index in [1.165, 1.54) is 0 Å². The van der Waals surface area contributed by atoms with E-state index in [0.29, 0.717) is 31.1 Å². The molecule has 0 aliphatic heterocycles. The molecule has 0 N–H and O–H groups in total. The van der Waals surface area contributed by atoms with Gasteiger partial charge in [-0.05, 0) is 43.0 Å². The molecule has 0 fully saturated rings. The highest BCUT2D eigenvalue weighted by Gasteiger charge is 2.20. The van der Waals surface area contributed by atoms with E-state index in [4.69, 9.17) is 20.2 Å². The third-order valence-electron chi connectivity index (χ3n) is 3.09. The fourth-order valence-electron chi connectivity index (χ4n) is 1.98. The minimum Gasteiger partial charge on any atom is -0.493 e. The molecule has 0 aliphatic rings. The average molecular weight is 335 g/mol. The van der Waals surface area contributed by atoms with Gasteiger partial charge >= 0.3 is 0 Å². The first-order chi connectivity index (χ1) is 9.77. The van der Waals surface area contributed by atoms with E-state index in [0.717, 1.165) is 12.0 Å². The Balaban J connectivity index is 2.95. The molecule has 0 spiro atoms. The van der Waals surface area contributed by atoms with Crippen LogP contribution < -0.4 is 4.74 Å². The van der Waals surface area contributed by atoms with Crippen LogP contribution in [0.2, 0.25) is 0 Å². The maximum atomic E-state index is 11.7. The van der Waals surface area contributed by atoms with Gasteiger partial charge in [-0.25, -0.2) is 8.42 Å². The lowest BCUT2D eigenvalue weighted by Gasteiger charge is -2.16. The fraction of sp³-hybridized carbons (Fsp3) is 0.600. The van der Waals surface area contributed by atoms with Crippen LogP contribution in [-0.2, 0) is 13.8 Å². The summed E-state index contributed by atoms with van der Waals surface area (Å²) in [6.45, 7) is 9.49. The van der Waals surface area contributed by atoms with Crippen molar-refractivity contribution in [1.29, 1.82) is 0 Å². The first-order valence-electron chi connectivity index (χ1n) is 7.07. The van der Waals surface area contributed by atoms with Crippen LogP contribution in [0.15, 0.2) is 17.0 Å². The van der Waals surface area contributed by atoms with E-state index in [-0.39, 0.29) is 10.8 Å². The number of hydrogen-bond acceptors (Lipinski definition) is 4. The maximum Gasteiger partial charge on any atom is 0.261 e. The van der Waals surface area contributed by atoms with E-state index < -0.39 is 9.05 Å². The van der Waals surface area contributed by atoms with Crippen molar-refractivity contribution >= 4 is 19.7 Å². The molecule has 0 aromatic heterocycles. The highest BCUT2D eigenvalue weighted by Crippen LogP contribution is 2.32. The molecule has 0 saturated carbocycles. The van der Waals surface area contributed by atoms with E-state index >= 15 is 0 Å². The fourth-order valence-corrected chi connectivity index (χ4v) is 3.28. The van der Waals surface area contributed by atoms with Crippen molar-refractivity contribution < 1.29 is 17.9 Å². The molecule has 0 radical (unpaired) electrons. The van der Waals surface area contributed by atoms with Gasteiger partial charge in [0, 0.05) is 30.3 Å². The Morgan fingerprint density at radius 2 is 1.90 bits per heavy atom. The van der Waals surface area contributed by atoms with Crippen molar-refractivity contribution in [2.75, 3.05) is 19.8 Å². The van der Waals surface area contributed by atoms with Crippen LogP contribution in [0.3, 0.4) is 0 Å². The number of ether oxygens (including phenoxy) is 2. The summed E-state index contributed by atoms with van der Waals surface area (Å²) in [4.78, 5) is 0.165. The Labute approximate surface area is 131 Å². The highest BCUT2D eigenvalue weighted by molar-refractivity contribution is 8.13. The topological polar surface area (TPSA) is 52.6 Å². The predicted molar refractivity (Wildman–Crippen MR) is 84.9 cm³/mol. The van der Waals surface area contributed by atoms with Crippen LogP contribution in [0, 0.1) is 6.92 Å². The van der Waals surface area contributed by atoms with Crippen LogP contribution in [0.25, 0.3) is 0 Å². The van der Waals surface area contributed by atoms with E-state index in [1.54, 1.807) is 12.1 Å². The van der Waals surface area contributed by atoms with Gasteiger partial charge in [-0.3, -0.25) is 0 Å². The number of halogens is 1. The van der Waals surface area contributed by atoms with Crippen molar-refractivity contribution in [3.05, 3.63) is 23.3 Å². The highest BCUT2D eigenvalue weighted by atomic mass is 35.7. The van der Waals surface area contributed by atoms with Crippen LogP contribution in [0.5, 0.6) is 5.75 Å². The van der Waals surface area contributed by atoms with E-state index in [2.05, 4.69) is 0 Å². The summed E-state index contributed by atoms with van der Waals surface area (Å²) in [7, 11) is 1.75. The molecule has 0 atom stereocenters. The molecule has 1 aromatic carbocycles. The molecule has 21 heavy (non-hydrogen) atoms. The number of aryl methyl sites for hydroxylation is 1. The largest absolute Gasteiger partial charge is 0.493 e. The Morgan fingerprint density at radius 3 is 2.43 bits per heavy atom. The van der Waals surface area contributed by atoms with Gasteiger partial charge in [0.1, 0.15) is 5.75 Å². The lowest BCUT2D eigenvalue weighted by Crippen LogP contribution is -2.06. The summed E-state index contributed by atoms with van der Waals surface area (Å²) >= 11 is 0. The molecule has 0 heterocycles. The van der Waals surface area contributed by atoms with Crippen molar-refractivity contribution in [1.82, 2.24) is 0 Å². The normalized spacial score (nSPS) is 11.9. The second-order valence-corrected chi connectivity index (χ2v) is 7.68. The molecule has 0 saturated heterocycles. The summed E-state index contributed by atoms with van der Waals surface area (Å²) in [5, 5.41) is 0. The maximum absolute atomic E-state index is 11.7. The van der Waals surface area contributed by atoms with Crippen LogP contribution in [0.1, 0.15) is 44.2 Å². The van der Waals surface area contributed by atoms with Gasteiger partial charge in [-0.1, -0.05) is 13.8 Å². The monoisotopic (exact) mass is 334 g/mol. The van der Waals surface area contributed by atoms with Crippen LogP contribution in [0.4, 0.5) is 0 Å². The summed E-state index contributed by atoms with van der Waals surface area (Å²) in [5.74, 6) is 0.735. The quantitative estimate of drug-likeness (QED) is 0.535. The SMILES string of the molecule is CCOCCCOc1cc(C(C)C)c(S(=O)(=O)Cl)cc1C. The molecular weight excluding hydrogens is 312 g/mol. The van der Waals surface area contributed by atoms with Crippen LogP contribution in [-0.4, -0.2) is 28.2 Å². The van der Waals surface area contributed by atoms with Gasteiger partial charge in [-0.2, -0.15) is 0 Å². The molecule has 1 rings (SSSR count). The minimum absolute atomic E-state index is 0.0416. The first kappa shape index (κ1) is 18.3. The van der Waals surface area contributed by atoms with Crippen molar-refractivity contribution in [2.24, 2.45) is 0 Å². The van der Waals surface area contributed by atoms with E-state index in [1.807, 2.05) is 27.7 Å². The molecule has 1 aromatic rings. The van der Waals surface area contributed by atoms with Gasteiger partial charge in [-0.15, -0.1) is 0 Å². The summed E-state index contributed by atoms with van der Waals surface area (Å²) in [5.41, 5.74) is 1.44. The molecule has 0 bridgehead atoms.